The third kappa shape index (κ3) is 5.10. The number of carbonyl (C=O) groups is 1. The molecule has 0 radical (unpaired) electrons. The van der Waals surface area contributed by atoms with E-state index in [9.17, 15) is 31.1 Å². The molecule has 0 spiro atoms. The van der Waals surface area contributed by atoms with E-state index in [0.717, 1.165) is 16.5 Å². The second kappa shape index (κ2) is 7.81. The number of hydrogen-bond donors (Lipinski definition) is 2. The maximum Gasteiger partial charge on any atom is 0.416 e. The van der Waals surface area contributed by atoms with Gasteiger partial charge in [0.05, 0.1) is 11.1 Å². The Balaban J connectivity index is 1.66. The molecule has 2 aromatic carbocycles. The van der Waals surface area contributed by atoms with Crippen molar-refractivity contribution < 1.29 is 31.1 Å². The Morgan fingerprint density at radius 3 is 2.17 bits per heavy atom. The van der Waals surface area contributed by atoms with Crippen LogP contribution in [-0.4, -0.2) is 10.9 Å². The lowest BCUT2D eigenvalue weighted by atomic mass is 10.0. The third-order valence-electron chi connectivity index (χ3n) is 4.43. The number of halogens is 6. The molecular weight excluding hydrogens is 398 g/mol. The first-order valence-corrected chi connectivity index (χ1v) is 8.64. The Morgan fingerprint density at radius 1 is 0.931 bits per heavy atom. The van der Waals surface area contributed by atoms with Gasteiger partial charge in [0.1, 0.15) is 0 Å². The molecule has 0 aliphatic carbocycles. The van der Waals surface area contributed by atoms with Crippen molar-refractivity contribution >= 4 is 16.8 Å². The lowest BCUT2D eigenvalue weighted by Gasteiger charge is -2.14. The maximum absolute atomic E-state index is 12.9. The van der Waals surface area contributed by atoms with Crippen molar-refractivity contribution in [3.63, 3.8) is 0 Å². The van der Waals surface area contributed by atoms with Crippen LogP contribution in [0.2, 0.25) is 0 Å². The smallest absolute Gasteiger partial charge is 0.361 e. The number of carbonyl (C=O) groups excluding carboxylic acids is 1. The van der Waals surface area contributed by atoms with Gasteiger partial charge in [-0.05, 0) is 41.8 Å². The zero-order chi connectivity index (χ0) is 21.2. The monoisotopic (exact) mass is 414 g/mol. The van der Waals surface area contributed by atoms with Crippen molar-refractivity contribution in [1.29, 1.82) is 0 Å². The fourth-order valence-corrected chi connectivity index (χ4v) is 3.00. The molecule has 3 rings (SSSR count). The maximum atomic E-state index is 12.9. The van der Waals surface area contributed by atoms with Crippen LogP contribution in [0, 0.1) is 0 Å². The molecule has 0 fully saturated rings. The first-order chi connectivity index (χ1) is 13.5. The van der Waals surface area contributed by atoms with E-state index in [2.05, 4.69) is 10.3 Å². The van der Waals surface area contributed by atoms with Crippen LogP contribution in [0.15, 0.2) is 48.7 Å². The highest BCUT2D eigenvalue weighted by molar-refractivity contribution is 5.84. The molecule has 9 heteroatoms. The summed E-state index contributed by atoms with van der Waals surface area (Å²) >= 11 is 0. The van der Waals surface area contributed by atoms with Crippen molar-refractivity contribution in [2.45, 2.75) is 31.7 Å². The molecule has 2 N–H and O–H groups in total. The fraction of sp³-hybridized carbons (Fsp3) is 0.250. The van der Waals surface area contributed by atoms with Crippen molar-refractivity contribution in [3.8, 4) is 0 Å². The normalized spacial score (nSPS) is 12.3. The number of para-hydroxylation sites is 1. The summed E-state index contributed by atoms with van der Waals surface area (Å²) in [6.45, 7) is -0.431. The van der Waals surface area contributed by atoms with E-state index in [1.807, 2.05) is 24.3 Å². The summed E-state index contributed by atoms with van der Waals surface area (Å²) in [5, 5.41) is 3.33. The molecule has 0 aliphatic rings. The summed E-state index contributed by atoms with van der Waals surface area (Å²) in [5.41, 5.74) is -1.28. The van der Waals surface area contributed by atoms with Crippen LogP contribution >= 0.6 is 0 Å². The van der Waals surface area contributed by atoms with Gasteiger partial charge in [-0.3, -0.25) is 4.79 Å². The second-order valence-corrected chi connectivity index (χ2v) is 6.55. The van der Waals surface area contributed by atoms with Gasteiger partial charge in [0.25, 0.3) is 0 Å². The van der Waals surface area contributed by atoms with Crippen LogP contribution in [0.1, 0.15) is 28.7 Å². The molecule has 1 amide bonds. The highest BCUT2D eigenvalue weighted by atomic mass is 19.4. The zero-order valence-electron chi connectivity index (χ0n) is 14.9. The number of aromatic amines is 1. The average molecular weight is 414 g/mol. The van der Waals surface area contributed by atoms with Crippen molar-refractivity contribution in [1.82, 2.24) is 10.3 Å². The molecule has 0 bridgehead atoms. The zero-order valence-corrected chi connectivity index (χ0v) is 14.9. The Hall–Kier alpha value is -2.97. The first-order valence-electron chi connectivity index (χ1n) is 8.64. The van der Waals surface area contributed by atoms with Crippen LogP contribution in [0.3, 0.4) is 0 Å². The number of aryl methyl sites for hydroxylation is 1. The first kappa shape index (κ1) is 20.8. The summed E-state index contributed by atoms with van der Waals surface area (Å²) < 4.78 is 77.3. The van der Waals surface area contributed by atoms with Crippen molar-refractivity contribution in [2.75, 3.05) is 0 Å². The van der Waals surface area contributed by atoms with Crippen LogP contribution in [0.4, 0.5) is 26.3 Å². The second-order valence-electron chi connectivity index (χ2n) is 6.55. The summed E-state index contributed by atoms with van der Waals surface area (Å²) in [4.78, 5) is 15.1. The molecule has 0 aliphatic heterocycles. The molecule has 3 nitrogen and oxygen atoms in total. The van der Waals surface area contributed by atoms with Crippen LogP contribution in [0.5, 0.6) is 0 Å². The number of rotatable bonds is 5. The molecule has 0 unspecified atom stereocenters. The number of amides is 1. The summed E-state index contributed by atoms with van der Waals surface area (Å²) in [6.07, 6.45) is -7.65. The minimum Gasteiger partial charge on any atom is -0.361 e. The number of nitrogens with one attached hydrogen (secondary N) is 2. The van der Waals surface area contributed by atoms with Crippen molar-refractivity contribution in [2.24, 2.45) is 0 Å². The minimum atomic E-state index is -4.92. The lowest BCUT2D eigenvalue weighted by molar-refractivity contribution is -0.143. The topological polar surface area (TPSA) is 44.9 Å². The van der Waals surface area contributed by atoms with Crippen molar-refractivity contribution in [3.05, 3.63) is 70.9 Å². The summed E-state index contributed by atoms with van der Waals surface area (Å²) in [7, 11) is 0. The SMILES string of the molecule is O=C(CCc1c[nH]c2ccccc12)NCc1cc(C(F)(F)F)cc(C(F)(F)F)c1. The van der Waals surface area contributed by atoms with Gasteiger partial charge in [-0.15, -0.1) is 0 Å². The molecule has 0 atom stereocenters. The molecule has 154 valence electrons. The predicted octanol–water partition coefficient (Wildman–Crippen LogP) is 5.45. The molecule has 1 heterocycles. The Morgan fingerprint density at radius 2 is 1.55 bits per heavy atom. The number of aromatic nitrogens is 1. The van der Waals surface area contributed by atoms with E-state index in [1.165, 1.54) is 0 Å². The highest BCUT2D eigenvalue weighted by Gasteiger charge is 2.36. The van der Waals surface area contributed by atoms with Gasteiger partial charge in [0.15, 0.2) is 0 Å². The van der Waals surface area contributed by atoms with E-state index in [4.69, 9.17) is 0 Å². The van der Waals surface area contributed by atoms with Gasteiger partial charge in [-0.2, -0.15) is 26.3 Å². The van der Waals surface area contributed by atoms with Gasteiger partial charge < -0.3 is 10.3 Å². The van der Waals surface area contributed by atoms with Gasteiger partial charge in [0, 0.05) is 30.1 Å². The fourth-order valence-electron chi connectivity index (χ4n) is 3.00. The number of alkyl halides is 6. The predicted molar refractivity (Wildman–Crippen MR) is 94.9 cm³/mol. The average Bonchev–Trinajstić information content (AvgIpc) is 3.06. The van der Waals surface area contributed by atoms with Crippen LogP contribution in [-0.2, 0) is 30.1 Å². The molecule has 0 saturated heterocycles. The van der Waals surface area contributed by atoms with E-state index in [-0.39, 0.29) is 18.1 Å². The Bertz CT molecular complexity index is 987. The number of fused-ring (bicyclic) bond motifs is 1. The lowest BCUT2D eigenvalue weighted by Crippen LogP contribution is -2.23. The molecule has 0 saturated carbocycles. The number of hydrogen-bond acceptors (Lipinski definition) is 1. The number of H-pyrrole nitrogens is 1. The Labute approximate surface area is 161 Å². The van der Waals surface area contributed by atoms with Crippen LogP contribution < -0.4 is 5.32 Å². The standard InChI is InChI=1S/C20H16F6N2O/c21-19(22,23)14-7-12(8-15(9-14)20(24,25)26)10-28-18(29)6-5-13-11-27-17-4-2-1-3-16(13)17/h1-4,7-9,11,27H,5-6,10H2,(H,28,29). The molecule has 1 aromatic heterocycles. The highest BCUT2D eigenvalue weighted by Crippen LogP contribution is 2.36. The summed E-state index contributed by atoms with van der Waals surface area (Å²) in [6, 6.07) is 8.75. The van der Waals surface area contributed by atoms with E-state index in [0.29, 0.717) is 18.6 Å². The van der Waals surface area contributed by atoms with Crippen LogP contribution in [0.25, 0.3) is 10.9 Å². The van der Waals surface area contributed by atoms with E-state index in [1.54, 1.807) is 6.20 Å². The van der Waals surface area contributed by atoms with E-state index >= 15 is 0 Å². The Kier molecular flexibility index (Phi) is 5.59. The number of benzene rings is 2. The summed E-state index contributed by atoms with van der Waals surface area (Å²) in [5.74, 6) is -0.471. The quantitative estimate of drug-likeness (QED) is 0.536. The minimum absolute atomic E-state index is 0.0485. The molecule has 3 aromatic rings. The third-order valence-corrected chi connectivity index (χ3v) is 4.43. The van der Waals surface area contributed by atoms with Gasteiger partial charge in [-0.25, -0.2) is 0 Å². The van der Waals surface area contributed by atoms with Gasteiger partial charge in [-0.1, -0.05) is 18.2 Å². The largest absolute Gasteiger partial charge is 0.416 e. The van der Waals surface area contributed by atoms with Gasteiger partial charge >= 0.3 is 12.4 Å². The van der Waals surface area contributed by atoms with E-state index < -0.39 is 35.9 Å². The molecule has 29 heavy (non-hydrogen) atoms. The molecular formula is C20H16F6N2O. The van der Waals surface area contributed by atoms with Gasteiger partial charge in [0.2, 0.25) is 5.91 Å².